The zero-order chi connectivity index (χ0) is 34.3. The summed E-state index contributed by atoms with van der Waals surface area (Å²) in [7, 11) is 1.28. The van der Waals surface area contributed by atoms with Gasteiger partial charge in [0.2, 0.25) is 11.8 Å². The number of amides is 3. The van der Waals surface area contributed by atoms with Crippen molar-refractivity contribution >= 4 is 52.9 Å². The van der Waals surface area contributed by atoms with E-state index in [1.165, 1.54) is 24.2 Å². The van der Waals surface area contributed by atoms with E-state index in [1.807, 2.05) is 17.0 Å². The smallest absolute Gasteiger partial charge is 0.411 e. The van der Waals surface area contributed by atoms with E-state index in [1.54, 1.807) is 60.9 Å². The monoisotopic (exact) mass is 700 g/mol. The number of imidazole rings is 1. The average molecular weight is 702 g/mol. The number of nitrogens with one attached hydrogen (secondary N) is 3. The molecule has 5 aromatic rings. The Labute approximate surface area is 290 Å². The molecule has 1 fully saturated rings. The van der Waals surface area contributed by atoms with Gasteiger partial charge in [0.1, 0.15) is 23.0 Å². The van der Waals surface area contributed by atoms with E-state index in [-0.39, 0.29) is 23.5 Å². The summed E-state index contributed by atoms with van der Waals surface area (Å²) in [5.74, 6) is -0.347. The Balaban J connectivity index is 1.27. The number of benzene rings is 2. The number of nitrogens with zero attached hydrogens (tertiary/aromatic N) is 7. The minimum atomic E-state index is -0.867. The number of halogens is 2. The molecule has 3 amide bonds. The number of tetrazole rings is 1. The molecule has 250 valence electrons. The third kappa shape index (κ3) is 7.93. The summed E-state index contributed by atoms with van der Waals surface area (Å²) in [6.07, 6.45) is 8.75. The van der Waals surface area contributed by atoms with E-state index in [2.05, 4.69) is 40.9 Å². The summed E-state index contributed by atoms with van der Waals surface area (Å²) in [5.41, 5.74) is 3.77. The molecule has 0 radical (unpaired) electrons. The number of aromatic nitrogens is 7. The van der Waals surface area contributed by atoms with Crippen molar-refractivity contribution in [2.24, 2.45) is 0 Å². The molecule has 3 N–H and O–H groups in total. The summed E-state index contributed by atoms with van der Waals surface area (Å²) < 4.78 is 6.10. The summed E-state index contributed by atoms with van der Waals surface area (Å²) >= 11 is 12.9. The maximum atomic E-state index is 13.9. The molecule has 2 atom stereocenters. The van der Waals surface area contributed by atoms with E-state index >= 15 is 0 Å². The lowest BCUT2D eigenvalue weighted by atomic mass is 10.1. The van der Waals surface area contributed by atoms with Crippen LogP contribution in [0, 0.1) is 0 Å². The first-order valence-corrected chi connectivity index (χ1v) is 16.0. The molecular formula is C33H30Cl2N10O4. The number of aromatic amines is 1. The number of carbonyl (C=O) groups is 3. The fourth-order valence-corrected chi connectivity index (χ4v) is 6.06. The number of hydrogen-bond donors (Lipinski definition) is 3. The third-order valence-corrected chi connectivity index (χ3v) is 8.47. The molecule has 4 heterocycles. The molecule has 2 aromatic carbocycles. The highest BCUT2D eigenvalue weighted by Crippen LogP contribution is 2.34. The molecule has 1 aliphatic heterocycles. The lowest BCUT2D eigenvalue weighted by Crippen LogP contribution is -2.36. The third-order valence-electron chi connectivity index (χ3n) is 7.96. The number of anilines is 1. The van der Waals surface area contributed by atoms with Crippen LogP contribution in [0.5, 0.6) is 0 Å². The number of ether oxygens (including phenoxy) is 1. The average Bonchev–Trinajstić information content (AvgIpc) is 3.90. The molecule has 1 aliphatic rings. The first-order chi connectivity index (χ1) is 23.8. The van der Waals surface area contributed by atoms with Crippen molar-refractivity contribution < 1.29 is 19.1 Å². The van der Waals surface area contributed by atoms with Gasteiger partial charge in [-0.05, 0) is 77.4 Å². The molecule has 16 heteroatoms. The Morgan fingerprint density at radius 1 is 1.10 bits per heavy atom. The van der Waals surface area contributed by atoms with Gasteiger partial charge in [0.15, 0.2) is 0 Å². The minimum Gasteiger partial charge on any atom is -0.453 e. The van der Waals surface area contributed by atoms with Crippen LogP contribution in [0.4, 0.5) is 10.5 Å². The van der Waals surface area contributed by atoms with Crippen LogP contribution in [0.2, 0.25) is 10.2 Å². The highest BCUT2D eigenvalue weighted by atomic mass is 35.5. The van der Waals surface area contributed by atoms with Crippen LogP contribution < -0.4 is 10.6 Å². The maximum Gasteiger partial charge on any atom is 0.411 e. The molecule has 1 unspecified atom stereocenters. The highest BCUT2D eigenvalue weighted by molar-refractivity contribution is 6.32. The predicted octanol–water partition coefficient (Wildman–Crippen LogP) is 5.56. The molecular weight excluding hydrogens is 671 g/mol. The molecule has 0 saturated carbocycles. The van der Waals surface area contributed by atoms with Crippen LogP contribution >= 0.6 is 23.2 Å². The number of H-pyrrole nitrogens is 1. The summed E-state index contributed by atoms with van der Waals surface area (Å²) in [6.45, 7) is 0.581. The van der Waals surface area contributed by atoms with Crippen LogP contribution in [0.15, 0.2) is 79.4 Å². The van der Waals surface area contributed by atoms with Gasteiger partial charge in [0.25, 0.3) is 0 Å². The highest BCUT2D eigenvalue weighted by Gasteiger charge is 2.33. The van der Waals surface area contributed by atoms with E-state index in [0.29, 0.717) is 45.6 Å². The second-order valence-electron chi connectivity index (χ2n) is 11.1. The second-order valence-corrected chi connectivity index (χ2v) is 11.9. The van der Waals surface area contributed by atoms with Crippen molar-refractivity contribution in [1.82, 2.24) is 45.4 Å². The van der Waals surface area contributed by atoms with Gasteiger partial charge in [-0.25, -0.2) is 9.78 Å². The standard InChI is InChI=1S/C33H30Cl2N10O4/c1-49-33(48)38-24-8-4-21(5-9-24)30-31(35)41-32(40-30)25(18-29(47)44-16-2-3-26(44)20-12-14-36-15-13-20)39-28(46)11-6-22-17-23(34)7-10-27(22)45-19-37-42-43-45/h4-15,17,19,25-26H,2-3,16,18H2,1H3,(H,38,48)(H,39,46)(H,40,41)/t25?,26-/m0/s1. The number of rotatable bonds is 10. The Hall–Kier alpha value is -5.60. The molecule has 0 bridgehead atoms. The first-order valence-electron chi connectivity index (χ1n) is 15.2. The van der Waals surface area contributed by atoms with E-state index in [4.69, 9.17) is 28.2 Å². The number of likely N-dealkylation sites (tertiary alicyclic amines) is 1. The molecule has 0 spiro atoms. The van der Waals surface area contributed by atoms with Crippen LogP contribution in [-0.2, 0) is 14.3 Å². The Kier molecular flexibility index (Phi) is 10.3. The van der Waals surface area contributed by atoms with Crippen LogP contribution in [-0.4, -0.2) is 71.6 Å². The molecule has 3 aromatic heterocycles. The van der Waals surface area contributed by atoms with Crippen molar-refractivity contribution in [3.63, 3.8) is 0 Å². The van der Waals surface area contributed by atoms with E-state index < -0.39 is 18.0 Å². The summed E-state index contributed by atoms with van der Waals surface area (Å²) in [6, 6.07) is 14.8. The Morgan fingerprint density at radius 3 is 2.63 bits per heavy atom. The lowest BCUT2D eigenvalue weighted by Gasteiger charge is -2.27. The van der Waals surface area contributed by atoms with Gasteiger partial charge in [-0.15, -0.1) is 5.10 Å². The number of carbonyl (C=O) groups excluding carboxylic acids is 3. The summed E-state index contributed by atoms with van der Waals surface area (Å²) in [5, 5.41) is 17.5. The molecule has 14 nitrogen and oxygen atoms in total. The van der Waals surface area contributed by atoms with Gasteiger partial charge in [0, 0.05) is 46.9 Å². The van der Waals surface area contributed by atoms with Gasteiger partial charge in [-0.3, -0.25) is 19.9 Å². The van der Waals surface area contributed by atoms with Crippen LogP contribution in [0.1, 0.15) is 48.3 Å². The van der Waals surface area contributed by atoms with Crippen molar-refractivity contribution in [1.29, 1.82) is 0 Å². The van der Waals surface area contributed by atoms with Gasteiger partial charge < -0.3 is 19.9 Å². The van der Waals surface area contributed by atoms with E-state index in [0.717, 1.165) is 18.4 Å². The summed E-state index contributed by atoms with van der Waals surface area (Å²) in [4.78, 5) is 52.6. The predicted molar refractivity (Wildman–Crippen MR) is 182 cm³/mol. The fraction of sp³-hybridized carbons (Fsp3) is 0.212. The van der Waals surface area contributed by atoms with Crippen molar-refractivity contribution in [3.8, 4) is 16.9 Å². The van der Waals surface area contributed by atoms with Crippen molar-refractivity contribution in [2.45, 2.75) is 31.3 Å². The van der Waals surface area contributed by atoms with Gasteiger partial charge in [0.05, 0.1) is 31.3 Å². The normalized spacial score (nSPS) is 14.9. The Bertz CT molecular complexity index is 1970. The largest absolute Gasteiger partial charge is 0.453 e. The first kappa shape index (κ1) is 33.3. The lowest BCUT2D eigenvalue weighted by molar-refractivity contribution is -0.133. The van der Waals surface area contributed by atoms with Crippen LogP contribution in [0.3, 0.4) is 0 Å². The number of pyridine rings is 1. The minimum absolute atomic E-state index is 0.0839. The van der Waals surface area contributed by atoms with Crippen LogP contribution in [0.25, 0.3) is 23.0 Å². The van der Waals surface area contributed by atoms with Gasteiger partial charge in [-0.2, -0.15) is 4.68 Å². The van der Waals surface area contributed by atoms with Crippen molar-refractivity contribution in [3.05, 3.63) is 107 Å². The van der Waals surface area contributed by atoms with E-state index in [9.17, 15) is 14.4 Å². The van der Waals surface area contributed by atoms with Gasteiger partial charge >= 0.3 is 6.09 Å². The quantitative estimate of drug-likeness (QED) is 0.158. The zero-order valence-corrected chi connectivity index (χ0v) is 27.6. The zero-order valence-electron chi connectivity index (χ0n) is 26.1. The molecule has 49 heavy (non-hydrogen) atoms. The Morgan fingerprint density at radius 2 is 1.90 bits per heavy atom. The maximum absolute atomic E-state index is 13.9. The fourth-order valence-electron chi connectivity index (χ4n) is 5.64. The SMILES string of the molecule is COC(=O)Nc1ccc(-c2nc(C(CC(=O)N3CCC[C@H]3c3ccncc3)NC(=O)C=Cc3cc(Cl)ccc3-n3cnnn3)[nH]c2Cl)cc1. The van der Waals surface area contributed by atoms with Gasteiger partial charge in [-0.1, -0.05) is 35.3 Å². The molecule has 6 rings (SSSR count). The number of hydrogen-bond acceptors (Lipinski definition) is 9. The molecule has 0 aliphatic carbocycles. The second kappa shape index (κ2) is 15.1. The molecule has 1 saturated heterocycles. The topological polar surface area (TPSA) is 173 Å². The van der Waals surface area contributed by atoms with Crippen molar-refractivity contribution in [2.75, 3.05) is 19.0 Å². The number of methoxy groups -OCH3 is 1.